The van der Waals surface area contributed by atoms with Crippen LogP contribution in [-0.4, -0.2) is 9.55 Å². The highest BCUT2D eigenvalue weighted by Crippen LogP contribution is 2.19. The Bertz CT molecular complexity index is 1170. The fourth-order valence-corrected chi connectivity index (χ4v) is 3.37. The maximum atomic E-state index is 13.3. The average Bonchev–Trinajstić information content (AvgIpc) is 3.15. The smallest absolute Gasteiger partial charge is 0.266 e. The predicted molar refractivity (Wildman–Crippen MR) is 112 cm³/mol. The number of para-hydroxylation sites is 1. The lowest BCUT2D eigenvalue weighted by Gasteiger charge is -2.13. The first-order chi connectivity index (χ1) is 12.6. The maximum absolute atomic E-state index is 13.3. The van der Waals surface area contributed by atoms with Crippen LogP contribution in [0, 0.1) is 10.5 Å². The Kier molecular flexibility index (Phi) is 4.46. The standard InChI is InChI=1S/C21H15IN2O2/c1-14-5-2-3-7-19(14)24-20(11-9-16-6-4-12-26-16)23-18-10-8-15(22)13-17(18)21(24)25/h2-13H,1H3. The second-order valence-electron chi connectivity index (χ2n) is 5.91. The van der Waals surface area contributed by atoms with E-state index in [0.29, 0.717) is 22.5 Å². The second-order valence-corrected chi connectivity index (χ2v) is 7.15. The average molecular weight is 454 g/mol. The van der Waals surface area contributed by atoms with E-state index in [2.05, 4.69) is 22.6 Å². The first-order valence-electron chi connectivity index (χ1n) is 8.13. The number of hydrogen-bond acceptors (Lipinski definition) is 3. The molecule has 128 valence electrons. The van der Waals surface area contributed by atoms with Gasteiger partial charge in [-0.1, -0.05) is 18.2 Å². The van der Waals surface area contributed by atoms with Crippen LogP contribution in [0.1, 0.15) is 17.1 Å². The normalized spacial score (nSPS) is 11.5. The quantitative estimate of drug-likeness (QED) is 0.407. The minimum Gasteiger partial charge on any atom is -0.465 e. The Morgan fingerprint density at radius 3 is 2.69 bits per heavy atom. The van der Waals surface area contributed by atoms with Crippen LogP contribution in [0.2, 0.25) is 0 Å². The number of fused-ring (bicyclic) bond motifs is 1. The van der Waals surface area contributed by atoms with Crippen molar-refractivity contribution in [3.8, 4) is 5.69 Å². The van der Waals surface area contributed by atoms with Crippen LogP contribution in [-0.2, 0) is 0 Å². The van der Waals surface area contributed by atoms with E-state index >= 15 is 0 Å². The number of aromatic nitrogens is 2. The molecule has 4 rings (SSSR count). The van der Waals surface area contributed by atoms with Crippen molar-refractivity contribution in [1.29, 1.82) is 0 Å². The zero-order valence-corrected chi connectivity index (χ0v) is 16.2. The molecule has 26 heavy (non-hydrogen) atoms. The molecule has 0 radical (unpaired) electrons. The highest BCUT2D eigenvalue weighted by atomic mass is 127. The first-order valence-corrected chi connectivity index (χ1v) is 9.21. The van der Waals surface area contributed by atoms with Gasteiger partial charge in [0.05, 0.1) is 22.9 Å². The Morgan fingerprint density at radius 1 is 1.08 bits per heavy atom. The molecule has 2 heterocycles. The van der Waals surface area contributed by atoms with Crippen LogP contribution in [0.15, 0.2) is 70.1 Å². The van der Waals surface area contributed by atoms with Crippen LogP contribution in [0.5, 0.6) is 0 Å². The van der Waals surface area contributed by atoms with Crippen LogP contribution in [0.25, 0.3) is 28.7 Å². The fraction of sp³-hybridized carbons (Fsp3) is 0.0476. The molecule has 0 saturated carbocycles. The molecule has 0 aliphatic rings. The van der Waals surface area contributed by atoms with Crippen molar-refractivity contribution in [1.82, 2.24) is 9.55 Å². The number of furan rings is 1. The monoisotopic (exact) mass is 454 g/mol. The summed E-state index contributed by atoms with van der Waals surface area (Å²) in [5.41, 5.74) is 2.43. The van der Waals surface area contributed by atoms with E-state index in [9.17, 15) is 4.79 Å². The van der Waals surface area contributed by atoms with Crippen LogP contribution >= 0.6 is 22.6 Å². The van der Waals surface area contributed by atoms with Gasteiger partial charge in [-0.15, -0.1) is 0 Å². The van der Waals surface area contributed by atoms with Crippen molar-refractivity contribution >= 4 is 45.6 Å². The predicted octanol–water partition coefficient (Wildman–Crippen LogP) is 5.06. The molecule has 0 unspecified atom stereocenters. The Hall–Kier alpha value is -2.67. The van der Waals surface area contributed by atoms with E-state index in [1.54, 1.807) is 10.8 Å². The molecule has 4 aromatic rings. The summed E-state index contributed by atoms with van der Waals surface area (Å²) < 4.78 is 8.02. The summed E-state index contributed by atoms with van der Waals surface area (Å²) in [6, 6.07) is 17.2. The Morgan fingerprint density at radius 2 is 1.92 bits per heavy atom. The molecule has 5 heteroatoms. The van der Waals surface area contributed by atoms with Crippen LogP contribution in [0.3, 0.4) is 0 Å². The SMILES string of the molecule is Cc1ccccc1-n1c(C=Cc2ccco2)nc2ccc(I)cc2c1=O. The van der Waals surface area contributed by atoms with Gasteiger partial charge in [0.1, 0.15) is 11.6 Å². The third-order valence-electron chi connectivity index (χ3n) is 4.15. The van der Waals surface area contributed by atoms with Crippen molar-refractivity contribution in [3.63, 3.8) is 0 Å². The number of aryl methyl sites for hydroxylation is 1. The molecular formula is C21H15IN2O2. The summed E-state index contributed by atoms with van der Waals surface area (Å²) in [5, 5.41) is 0.607. The van der Waals surface area contributed by atoms with E-state index in [1.807, 2.05) is 73.7 Å². The summed E-state index contributed by atoms with van der Waals surface area (Å²) in [6.45, 7) is 1.99. The fourth-order valence-electron chi connectivity index (χ4n) is 2.88. The van der Waals surface area contributed by atoms with Crippen molar-refractivity contribution in [3.05, 3.63) is 91.9 Å². The molecule has 0 amide bonds. The molecule has 0 atom stereocenters. The van der Waals surface area contributed by atoms with Crippen molar-refractivity contribution in [2.24, 2.45) is 0 Å². The van der Waals surface area contributed by atoms with E-state index in [0.717, 1.165) is 14.8 Å². The largest absolute Gasteiger partial charge is 0.465 e. The van der Waals surface area contributed by atoms with Gasteiger partial charge in [-0.3, -0.25) is 9.36 Å². The van der Waals surface area contributed by atoms with Crippen LogP contribution in [0.4, 0.5) is 0 Å². The lowest BCUT2D eigenvalue weighted by Crippen LogP contribution is -2.23. The number of hydrogen-bond donors (Lipinski definition) is 0. The molecule has 0 aliphatic carbocycles. The van der Waals surface area contributed by atoms with Gasteiger partial charge in [-0.25, -0.2) is 4.98 Å². The highest BCUT2D eigenvalue weighted by molar-refractivity contribution is 14.1. The number of nitrogens with zero attached hydrogens (tertiary/aromatic N) is 2. The third-order valence-corrected chi connectivity index (χ3v) is 4.82. The van der Waals surface area contributed by atoms with Gasteiger partial charge in [-0.05, 0) is 83.6 Å². The van der Waals surface area contributed by atoms with Gasteiger partial charge in [0.2, 0.25) is 0 Å². The van der Waals surface area contributed by atoms with Gasteiger partial charge < -0.3 is 4.42 Å². The summed E-state index contributed by atoms with van der Waals surface area (Å²) in [6.07, 6.45) is 5.24. The zero-order valence-electron chi connectivity index (χ0n) is 14.0. The van der Waals surface area contributed by atoms with Gasteiger partial charge in [0.25, 0.3) is 5.56 Å². The van der Waals surface area contributed by atoms with Gasteiger partial charge in [-0.2, -0.15) is 0 Å². The molecule has 0 fully saturated rings. The lowest BCUT2D eigenvalue weighted by atomic mass is 10.1. The van der Waals surface area contributed by atoms with Crippen molar-refractivity contribution in [2.75, 3.05) is 0 Å². The highest BCUT2D eigenvalue weighted by Gasteiger charge is 2.13. The van der Waals surface area contributed by atoms with E-state index < -0.39 is 0 Å². The molecule has 0 N–H and O–H groups in total. The summed E-state index contributed by atoms with van der Waals surface area (Å²) in [7, 11) is 0. The Balaban J connectivity index is 2.02. The summed E-state index contributed by atoms with van der Waals surface area (Å²) >= 11 is 2.21. The molecule has 0 bridgehead atoms. The third kappa shape index (κ3) is 3.10. The van der Waals surface area contributed by atoms with Gasteiger partial charge in [0.15, 0.2) is 0 Å². The van der Waals surface area contributed by atoms with Crippen molar-refractivity contribution in [2.45, 2.75) is 6.92 Å². The van der Waals surface area contributed by atoms with E-state index in [4.69, 9.17) is 9.40 Å². The second kappa shape index (κ2) is 6.92. The Labute approximate surface area is 163 Å². The molecule has 0 spiro atoms. The zero-order chi connectivity index (χ0) is 18.1. The first kappa shape index (κ1) is 16.8. The minimum absolute atomic E-state index is 0.0816. The molecule has 0 saturated heterocycles. The number of rotatable bonds is 3. The van der Waals surface area contributed by atoms with E-state index in [-0.39, 0.29) is 5.56 Å². The topological polar surface area (TPSA) is 48.0 Å². The molecule has 4 nitrogen and oxygen atoms in total. The summed E-state index contributed by atoms with van der Waals surface area (Å²) in [4.78, 5) is 18.0. The molecular weight excluding hydrogens is 439 g/mol. The summed E-state index contributed by atoms with van der Waals surface area (Å²) in [5.74, 6) is 1.27. The molecule has 2 aromatic heterocycles. The van der Waals surface area contributed by atoms with Gasteiger partial charge >= 0.3 is 0 Å². The number of benzene rings is 2. The van der Waals surface area contributed by atoms with Gasteiger partial charge in [0, 0.05) is 3.57 Å². The van der Waals surface area contributed by atoms with E-state index in [1.165, 1.54) is 0 Å². The maximum Gasteiger partial charge on any atom is 0.266 e. The molecule has 0 aliphatic heterocycles. The minimum atomic E-state index is -0.0816. The van der Waals surface area contributed by atoms with Crippen molar-refractivity contribution < 1.29 is 4.42 Å². The van der Waals surface area contributed by atoms with Crippen LogP contribution < -0.4 is 5.56 Å². The lowest BCUT2D eigenvalue weighted by molar-refractivity contribution is 0.557. The number of halogens is 1. The molecule has 2 aromatic carbocycles.